The van der Waals surface area contributed by atoms with Gasteiger partial charge in [-0.2, -0.15) is 27.7 Å². The average molecular weight is 420 g/mol. The van der Waals surface area contributed by atoms with Crippen LogP contribution in [-0.4, -0.2) is 69.7 Å². The van der Waals surface area contributed by atoms with E-state index in [9.17, 15) is 26.4 Å². The fourth-order valence-corrected chi connectivity index (χ4v) is 4.52. The average Bonchev–Trinajstić information content (AvgIpc) is 3.28. The Balaban J connectivity index is 1.69. The van der Waals surface area contributed by atoms with Crippen molar-refractivity contribution in [2.45, 2.75) is 31.5 Å². The molecule has 0 aliphatic carbocycles. The lowest BCUT2D eigenvalue weighted by Crippen LogP contribution is -2.50. The SMILES string of the molecule is CCn1cc(S(=O)(=O)N2CCN(C(=O)c3cc(C(F)(F)F)[nH]n3)CC2)c(C)n1. The highest BCUT2D eigenvalue weighted by Gasteiger charge is 2.36. The third-order valence-electron chi connectivity index (χ3n) is 4.47. The van der Waals surface area contributed by atoms with Crippen molar-refractivity contribution >= 4 is 15.9 Å². The van der Waals surface area contributed by atoms with E-state index in [-0.39, 0.29) is 36.8 Å². The number of aromatic nitrogens is 4. The van der Waals surface area contributed by atoms with Crippen molar-refractivity contribution in [2.24, 2.45) is 0 Å². The Morgan fingerprint density at radius 1 is 1.25 bits per heavy atom. The summed E-state index contributed by atoms with van der Waals surface area (Å²) in [5.74, 6) is -0.682. The lowest BCUT2D eigenvalue weighted by Gasteiger charge is -2.33. The number of aromatic amines is 1. The van der Waals surface area contributed by atoms with E-state index in [2.05, 4.69) is 10.2 Å². The first-order valence-corrected chi connectivity index (χ1v) is 9.94. The minimum atomic E-state index is -4.63. The highest BCUT2D eigenvalue weighted by atomic mass is 32.2. The van der Waals surface area contributed by atoms with Crippen molar-refractivity contribution in [3.05, 3.63) is 29.3 Å². The standard InChI is InChI=1S/C15H19F3N6O3S/c1-3-23-9-12(10(2)21-23)28(26,27)24-6-4-22(5-7-24)14(25)11-8-13(20-19-11)15(16,17)18/h8-9H,3-7H2,1-2H3,(H,19,20). The summed E-state index contributed by atoms with van der Waals surface area (Å²) in [5.41, 5.74) is -1.08. The van der Waals surface area contributed by atoms with Gasteiger partial charge in [-0.25, -0.2) is 8.42 Å². The van der Waals surface area contributed by atoms with Crippen molar-refractivity contribution in [1.29, 1.82) is 0 Å². The molecule has 2 aromatic heterocycles. The summed E-state index contributed by atoms with van der Waals surface area (Å²) >= 11 is 0. The summed E-state index contributed by atoms with van der Waals surface area (Å²) < 4.78 is 66.3. The van der Waals surface area contributed by atoms with Crippen LogP contribution in [-0.2, 0) is 22.7 Å². The fraction of sp³-hybridized carbons (Fsp3) is 0.533. The van der Waals surface area contributed by atoms with E-state index < -0.39 is 27.8 Å². The van der Waals surface area contributed by atoms with E-state index in [0.29, 0.717) is 18.3 Å². The monoisotopic (exact) mass is 420 g/mol. The maximum absolute atomic E-state index is 12.8. The number of hydrogen-bond donors (Lipinski definition) is 1. The van der Waals surface area contributed by atoms with Crippen molar-refractivity contribution in [3.8, 4) is 0 Å². The number of sulfonamides is 1. The second kappa shape index (κ2) is 7.20. The summed E-state index contributed by atoms with van der Waals surface area (Å²) in [6.07, 6.45) is -3.16. The first kappa shape index (κ1) is 20.3. The first-order chi connectivity index (χ1) is 13.0. The third kappa shape index (κ3) is 3.76. The van der Waals surface area contributed by atoms with Crippen LogP contribution in [0.3, 0.4) is 0 Å². The Bertz CT molecular complexity index is 974. The molecular formula is C15H19F3N6O3S. The van der Waals surface area contributed by atoms with Gasteiger partial charge in [-0.15, -0.1) is 0 Å². The van der Waals surface area contributed by atoms with Gasteiger partial charge in [0.1, 0.15) is 10.6 Å². The molecule has 1 amide bonds. The van der Waals surface area contributed by atoms with E-state index in [1.807, 2.05) is 6.92 Å². The lowest BCUT2D eigenvalue weighted by molar-refractivity contribution is -0.141. The molecule has 0 aromatic carbocycles. The topological polar surface area (TPSA) is 104 Å². The molecule has 0 unspecified atom stereocenters. The molecule has 0 bridgehead atoms. The summed E-state index contributed by atoms with van der Waals surface area (Å²) in [6.45, 7) is 4.13. The molecule has 0 radical (unpaired) electrons. The van der Waals surface area contributed by atoms with Crippen LogP contribution in [0.2, 0.25) is 0 Å². The molecule has 28 heavy (non-hydrogen) atoms. The molecule has 2 aromatic rings. The van der Waals surface area contributed by atoms with Gasteiger partial charge < -0.3 is 4.90 Å². The molecule has 3 rings (SSSR count). The van der Waals surface area contributed by atoms with Crippen LogP contribution in [0.5, 0.6) is 0 Å². The molecule has 3 heterocycles. The molecule has 1 aliphatic heterocycles. The van der Waals surface area contributed by atoms with Gasteiger partial charge in [0, 0.05) is 45.0 Å². The van der Waals surface area contributed by atoms with E-state index in [0.717, 1.165) is 0 Å². The predicted octanol–water partition coefficient (Wildman–Crippen LogP) is 1.10. The van der Waals surface area contributed by atoms with Gasteiger partial charge in [0.2, 0.25) is 10.0 Å². The third-order valence-corrected chi connectivity index (χ3v) is 6.47. The number of carbonyl (C=O) groups is 1. The van der Waals surface area contributed by atoms with Crippen LogP contribution in [0, 0.1) is 6.92 Å². The number of hydrogen-bond acceptors (Lipinski definition) is 5. The van der Waals surface area contributed by atoms with Gasteiger partial charge in [-0.3, -0.25) is 14.6 Å². The van der Waals surface area contributed by atoms with Crippen molar-refractivity contribution in [1.82, 2.24) is 29.2 Å². The van der Waals surface area contributed by atoms with Crippen molar-refractivity contribution in [3.63, 3.8) is 0 Å². The zero-order valence-corrected chi connectivity index (χ0v) is 16.0. The van der Waals surface area contributed by atoms with Crippen molar-refractivity contribution < 1.29 is 26.4 Å². The maximum atomic E-state index is 12.8. The van der Waals surface area contributed by atoms with Gasteiger partial charge in [0.15, 0.2) is 5.69 Å². The Labute approximate surface area is 159 Å². The van der Waals surface area contributed by atoms with Crippen LogP contribution >= 0.6 is 0 Å². The molecule has 0 saturated carbocycles. The summed E-state index contributed by atoms with van der Waals surface area (Å²) in [7, 11) is -3.77. The van der Waals surface area contributed by atoms with Crippen LogP contribution in [0.1, 0.15) is 28.8 Å². The van der Waals surface area contributed by atoms with Gasteiger partial charge in [-0.1, -0.05) is 0 Å². The second-order valence-corrected chi connectivity index (χ2v) is 8.20. The van der Waals surface area contributed by atoms with Gasteiger partial charge in [0.05, 0.1) is 5.69 Å². The van der Waals surface area contributed by atoms with Crippen molar-refractivity contribution in [2.75, 3.05) is 26.2 Å². The van der Waals surface area contributed by atoms with Crippen LogP contribution < -0.4 is 0 Å². The molecule has 0 atom stereocenters. The highest BCUT2D eigenvalue weighted by Crippen LogP contribution is 2.28. The number of amides is 1. The molecule has 9 nitrogen and oxygen atoms in total. The summed E-state index contributed by atoms with van der Waals surface area (Å²) in [6, 6.07) is 0.647. The zero-order valence-electron chi connectivity index (χ0n) is 15.2. The number of H-pyrrole nitrogens is 1. The van der Waals surface area contributed by atoms with Gasteiger partial charge in [-0.05, 0) is 13.8 Å². The molecule has 0 spiro atoms. The Kier molecular flexibility index (Phi) is 5.23. The largest absolute Gasteiger partial charge is 0.432 e. The van der Waals surface area contributed by atoms with E-state index in [4.69, 9.17) is 0 Å². The van der Waals surface area contributed by atoms with Gasteiger partial charge >= 0.3 is 6.18 Å². The van der Waals surface area contributed by atoms with Crippen LogP contribution in [0.15, 0.2) is 17.2 Å². The zero-order chi connectivity index (χ0) is 20.7. The molecule has 1 fully saturated rings. The predicted molar refractivity (Wildman–Crippen MR) is 90.9 cm³/mol. The molecule has 1 saturated heterocycles. The Morgan fingerprint density at radius 3 is 2.39 bits per heavy atom. The number of alkyl halides is 3. The summed E-state index contributed by atoms with van der Waals surface area (Å²) in [4.78, 5) is 13.7. The maximum Gasteiger partial charge on any atom is 0.432 e. The van der Waals surface area contributed by atoms with Gasteiger partial charge in [0.25, 0.3) is 5.91 Å². The van der Waals surface area contributed by atoms with Crippen LogP contribution in [0.25, 0.3) is 0 Å². The normalized spacial score (nSPS) is 16.5. The Morgan fingerprint density at radius 2 is 1.89 bits per heavy atom. The minimum absolute atomic E-state index is 0.0291. The smallest absolute Gasteiger partial charge is 0.335 e. The number of rotatable bonds is 4. The van der Waals surface area contributed by atoms with E-state index in [1.54, 1.807) is 12.0 Å². The highest BCUT2D eigenvalue weighted by molar-refractivity contribution is 7.89. The molecule has 1 N–H and O–H groups in total. The number of nitrogens with zero attached hydrogens (tertiary/aromatic N) is 5. The fourth-order valence-electron chi connectivity index (χ4n) is 2.92. The van der Waals surface area contributed by atoms with Crippen LogP contribution in [0.4, 0.5) is 13.2 Å². The van der Waals surface area contributed by atoms with E-state index >= 15 is 0 Å². The molecule has 154 valence electrons. The first-order valence-electron chi connectivity index (χ1n) is 8.50. The molecule has 13 heteroatoms. The Hall–Kier alpha value is -2.41. The van der Waals surface area contributed by atoms with E-state index in [1.165, 1.54) is 20.1 Å². The number of carbonyl (C=O) groups excluding carboxylic acids is 1. The number of nitrogens with one attached hydrogen (secondary N) is 1. The number of halogens is 3. The molecular weight excluding hydrogens is 401 g/mol. The second-order valence-electron chi connectivity index (χ2n) is 6.30. The number of aryl methyl sites for hydroxylation is 2. The minimum Gasteiger partial charge on any atom is -0.335 e. The summed E-state index contributed by atoms with van der Waals surface area (Å²) in [5, 5.41) is 9.35. The lowest BCUT2D eigenvalue weighted by atomic mass is 10.3. The molecule has 1 aliphatic rings. The number of piperazine rings is 1. The quantitative estimate of drug-likeness (QED) is 0.798.